The van der Waals surface area contributed by atoms with Crippen LogP contribution in [0.3, 0.4) is 0 Å². The number of anilines is 2. The Balaban J connectivity index is 2.48. The van der Waals surface area contributed by atoms with Crippen LogP contribution in [-0.4, -0.2) is 29.2 Å². The zero-order valence-corrected chi connectivity index (χ0v) is 9.81. The van der Waals surface area contributed by atoms with Crippen molar-refractivity contribution in [2.75, 3.05) is 23.7 Å². The maximum atomic E-state index is 13.2. The number of nitrogens with one attached hydrogen (secondary N) is 2. The minimum atomic E-state index is -4.19. The molecular weight excluding hydrogens is 252 g/mol. The van der Waals surface area contributed by atoms with Crippen molar-refractivity contribution >= 4 is 11.8 Å². The van der Waals surface area contributed by atoms with Gasteiger partial charge < -0.3 is 10.6 Å². The first kappa shape index (κ1) is 14.5. The van der Waals surface area contributed by atoms with Crippen molar-refractivity contribution in [1.82, 2.24) is 9.97 Å². The summed E-state index contributed by atoms with van der Waals surface area (Å²) >= 11 is 0. The number of rotatable bonds is 6. The van der Waals surface area contributed by atoms with E-state index >= 15 is 0 Å². The Labute approximate surface area is 102 Å². The van der Waals surface area contributed by atoms with E-state index in [1.54, 1.807) is 0 Å². The third kappa shape index (κ3) is 5.15. The van der Waals surface area contributed by atoms with Crippen LogP contribution in [0, 0.1) is 5.82 Å². The fraction of sp³-hybridized carbons (Fsp3) is 0.600. The van der Waals surface area contributed by atoms with Crippen molar-refractivity contribution in [2.45, 2.75) is 25.9 Å². The fourth-order valence-corrected chi connectivity index (χ4v) is 1.23. The van der Waals surface area contributed by atoms with Gasteiger partial charge in [-0.05, 0) is 13.3 Å². The zero-order valence-electron chi connectivity index (χ0n) is 9.81. The molecule has 102 valence electrons. The molecule has 1 heterocycles. The van der Waals surface area contributed by atoms with Crippen LogP contribution in [0.4, 0.5) is 29.3 Å². The van der Waals surface area contributed by atoms with Crippen LogP contribution in [-0.2, 0) is 0 Å². The molecule has 0 saturated heterocycles. The maximum absolute atomic E-state index is 13.2. The molecule has 0 aromatic carbocycles. The van der Waals surface area contributed by atoms with Crippen LogP contribution in [0.2, 0.25) is 0 Å². The molecule has 1 rings (SSSR count). The highest BCUT2D eigenvalue weighted by molar-refractivity contribution is 5.40. The number of alkyl halides is 3. The highest BCUT2D eigenvalue weighted by Gasteiger charge is 2.25. The molecule has 0 fully saturated rings. The molecule has 0 aliphatic heterocycles. The van der Waals surface area contributed by atoms with E-state index in [1.165, 1.54) is 0 Å². The van der Waals surface area contributed by atoms with Gasteiger partial charge in [-0.1, -0.05) is 0 Å². The second kappa shape index (κ2) is 6.36. The Morgan fingerprint density at radius 2 is 2.00 bits per heavy atom. The average molecular weight is 266 g/mol. The lowest BCUT2D eigenvalue weighted by Gasteiger charge is -2.09. The maximum Gasteiger partial charge on any atom is 0.389 e. The normalized spacial score (nSPS) is 11.4. The quantitative estimate of drug-likeness (QED) is 0.614. The summed E-state index contributed by atoms with van der Waals surface area (Å²) in [7, 11) is 0. The minimum Gasteiger partial charge on any atom is -0.367 e. The molecule has 0 saturated carbocycles. The van der Waals surface area contributed by atoms with Crippen LogP contribution in [0.1, 0.15) is 19.8 Å². The number of halogens is 4. The van der Waals surface area contributed by atoms with Crippen molar-refractivity contribution in [1.29, 1.82) is 0 Å². The summed E-state index contributed by atoms with van der Waals surface area (Å²) in [5.41, 5.74) is 0. The van der Waals surface area contributed by atoms with Gasteiger partial charge in [0.05, 0.1) is 6.20 Å². The van der Waals surface area contributed by atoms with Crippen LogP contribution >= 0.6 is 0 Å². The molecule has 0 aliphatic carbocycles. The average Bonchev–Trinajstić information content (AvgIpc) is 2.27. The number of aromatic nitrogens is 2. The Morgan fingerprint density at radius 1 is 1.28 bits per heavy atom. The van der Waals surface area contributed by atoms with Gasteiger partial charge in [-0.25, -0.2) is 9.37 Å². The molecule has 0 aliphatic rings. The van der Waals surface area contributed by atoms with Gasteiger partial charge in [0.15, 0.2) is 11.6 Å². The Morgan fingerprint density at radius 3 is 2.61 bits per heavy atom. The summed E-state index contributed by atoms with van der Waals surface area (Å²) in [6.07, 6.45) is -4.27. The first-order chi connectivity index (χ1) is 8.42. The summed E-state index contributed by atoms with van der Waals surface area (Å²) in [6, 6.07) is 0. The molecule has 0 spiro atoms. The number of hydrogen-bond acceptors (Lipinski definition) is 4. The summed E-state index contributed by atoms with van der Waals surface area (Å²) in [5, 5.41) is 5.30. The monoisotopic (exact) mass is 266 g/mol. The molecule has 8 heteroatoms. The standard InChI is InChI=1S/C10H14F4N4/c1-2-15-9-17-6-7(11)8(18-9)16-5-3-4-10(12,13)14/h6H,2-5H2,1H3,(H2,15,16,17,18). The third-order valence-corrected chi connectivity index (χ3v) is 2.01. The van der Waals surface area contributed by atoms with E-state index in [-0.39, 0.29) is 24.7 Å². The Bertz CT molecular complexity index is 381. The SMILES string of the molecule is CCNc1ncc(F)c(NCCCC(F)(F)F)n1. The second-order valence-electron chi connectivity index (χ2n) is 3.57. The third-order valence-electron chi connectivity index (χ3n) is 2.01. The molecule has 0 amide bonds. The zero-order chi connectivity index (χ0) is 13.6. The number of nitrogens with zero attached hydrogens (tertiary/aromatic N) is 2. The summed E-state index contributed by atoms with van der Waals surface area (Å²) in [4.78, 5) is 7.49. The van der Waals surface area contributed by atoms with E-state index in [4.69, 9.17) is 0 Å². The lowest BCUT2D eigenvalue weighted by molar-refractivity contribution is -0.134. The van der Waals surface area contributed by atoms with Crippen molar-refractivity contribution < 1.29 is 17.6 Å². The van der Waals surface area contributed by atoms with Crippen molar-refractivity contribution in [3.63, 3.8) is 0 Å². The van der Waals surface area contributed by atoms with Gasteiger partial charge in [0, 0.05) is 19.5 Å². The first-order valence-corrected chi connectivity index (χ1v) is 5.49. The van der Waals surface area contributed by atoms with E-state index in [2.05, 4.69) is 20.6 Å². The van der Waals surface area contributed by atoms with Gasteiger partial charge in [0.1, 0.15) is 0 Å². The van der Waals surface area contributed by atoms with Gasteiger partial charge in [-0.2, -0.15) is 18.2 Å². The van der Waals surface area contributed by atoms with Crippen LogP contribution in [0.5, 0.6) is 0 Å². The van der Waals surface area contributed by atoms with E-state index in [9.17, 15) is 17.6 Å². The molecule has 1 aromatic heterocycles. The smallest absolute Gasteiger partial charge is 0.367 e. The lowest BCUT2D eigenvalue weighted by Crippen LogP contribution is -2.13. The highest BCUT2D eigenvalue weighted by Crippen LogP contribution is 2.21. The van der Waals surface area contributed by atoms with E-state index in [0.717, 1.165) is 6.20 Å². The fourth-order valence-electron chi connectivity index (χ4n) is 1.23. The molecule has 0 atom stereocenters. The molecule has 18 heavy (non-hydrogen) atoms. The molecule has 4 nitrogen and oxygen atoms in total. The van der Waals surface area contributed by atoms with E-state index in [0.29, 0.717) is 6.54 Å². The molecule has 2 N–H and O–H groups in total. The Hall–Kier alpha value is -1.60. The molecule has 0 bridgehead atoms. The molecule has 0 unspecified atom stereocenters. The predicted molar refractivity (Wildman–Crippen MR) is 59.9 cm³/mol. The first-order valence-electron chi connectivity index (χ1n) is 5.49. The topological polar surface area (TPSA) is 49.8 Å². The van der Waals surface area contributed by atoms with Crippen LogP contribution in [0.25, 0.3) is 0 Å². The van der Waals surface area contributed by atoms with E-state index < -0.39 is 18.4 Å². The molecule has 1 aromatic rings. The summed E-state index contributed by atoms with van der Waals surface area (Å²) < 4.78 is 48.9. The second-order valence-corrected chi connectivity index (χ2v) is 3.57. The van der Waals surface area contributed by atoms with Crippen molar-refractivity contribution in [3.8, 4) is 0 Å². The number of hydrogen-bond donors (Lipinski definition) is 2. The van der Waals surface area contributed by atoms with E-state index in [1.807, 2.05) is 6.92 Å². The van der Waals surface area contributed by atoms with Crippen LogP contribution in [0.15, 0.2) is 6.20 Å². The van der Waals surface area contributed by atoms with Crippen molar-refractivity contribution in [2.24, 2.45) is 0 Å². The van der Waals surface area contributed by atoms with Gasteiger partial charge >= 0.3 is 6.18 Å². The predicted octanol–water partition coefficient (Wildman–Crippen LogP) is 2.80. The van der Waals surface area contributed by atoms with Gasteiger partial charge in [0.25, 0.3) is 0 Å². The van der Waals surface area contributed by atoms with Gasteiger partial charge in [-0.3, -0.25) is 0 Å². The highest BCUT2D eigenvalue weighted by atomic mass is 19.4. The molecular formula is C10H14F4N4. The van der Waals surface area contributed by atoms with Gasteiger partial charge in [0.2, 0.25) is 5.95 Å². The summed E-state index contributed by atoms with van der Waals surface area (Å²) in [5.74, 6) is -0.552. The summed E-state index contributed by atoms with van der Waals surface area (Å²) in [6.45, 7) is 2.39. The van der Waals surface area contributed by atoms with Crippen LogP contribution < -0.4 is 10.6 Å². The lowest BCUT2D eigenvalue weighted by atomic mass is 10.3. The molecule has 0 radical (unpaired) electrons. The van der Waals surface area contributed by atoms with Gasteiger partial charge in [-0.15, -0.1) is 0 Å². The Kier molecular flexibility index (Phi) is 5.11. The minimum absolute atomic E-state index is 0.000984. The van der Waals surface area contributed by atoms with Crippen molar-refractivity contribution in [3.05, 3.63) is 12.0 Å². The largest absolute Gasteiger partial charge is 0.389 e.